The van der Waals surface area contributed by atoms with Gasteiger partial charge in [0.25, 0.3) is 0 Å². The molecule has 0 fully saturated rings. The van der Waals surface area contributed by atoms with E-state index in [0.717, 1.165) is 16.6 Å². The van der Waals surface area contributed by atoms with Gasteiger partial charge in [-0.2, -0.15) is 0 Å². The van der Waals surface area contributed by atoms with Crippen LogP contribution >= 0.6 is 24.8 Å². The third-order valence-electron chi connectivity index (χ3n) is 1.72. The molecule has 5 heteroatoms. The molecule has 2 aromatic rings. The molecule has 1 heterocycles. The number of benzene rings is 1. The summed E-state index contributed by atoms with van der Waals surface area (Å²) in [6.45, 7) is 0.572. The molecule has 3 nitrogen and oxygen atoms in total. The van der Waals surface area contributed by atoms with Crippen molar-refractivity contribution in [1.82, 2.24) is 9.97 Å². The van der Waals surface area contributed by atoms with Crippen molar-refractivity contribution >= 4 is 35.8 Å². The Bertz CT molecular complexity index is 372. The predicted molar refractivity (Wildman–Crippen MR) is 58.5 cm³/mol. The minimum absolute atomic E-state index is 0. The van der Waals surface area contributed by atoms with E-state index in [4.69, 9.17) is 5.73 Å². The molecular weight excluding hydrogens is 209 g/mol. The minimum atomic E-state index is 0. The summed E-state index contributed by atoms with van der Waals surface area (Å²) < 4.78 is 0. The summed E-state index contributed by atoms with van der Waals surface area (Å²) >= 11 is 0. The number of hydrogen-bond acceptors (Lipinski definition) is 2. The number of rotatable bonds is 1. The van der Waals surface area contributed by atoms with Crippen LogP contribution in [0.15, 0.2) is 24.5 Å². The van der Waals surface area contributed by atoms with E-state index in [1.54, 1.807) is 6.33 Å². The van der Waals surface area contributed by atoms with Crippen molar-refractivity contribution in [2.75, 3.05) is 0 Å². The summed E-state index contributed by atoms with van der Waals surface area (Å²) in [6, 6.07) is 5.98. The van der Waals surface area contributed by atoms with Crippen LogP contribution in [-0.2, 0) is 6.54 Å². The van der Waals surface area contributed by atoms with Crippen LogP contribution < -0.4 is 5.73 Å². The first-order valence-corrected chi connectivity index (χ1v) is 3.52. The highest BCUT2D eigenvalue weighted by molar-refractivity contribution is 5.85. The lowest BCUT2D eigenvalue weighted by Crippen LogP contribution is -1.94. The summed E-state index contributed by atoms with van der Waals surface area (Å²) in [5, 5.41) is 0. The van der Waals surface area contributed by atoms with Gasteiger partial charge in [0.15, 0.2) is 0 Å². The van der Waals surface area contributed by atoms with E-state index in [-0.39, 0.29) is 24.8 Å². The fourth-order valence-corrected chi connectivity index (χ4v) is 1.10. The normalized spacial score (nSPS) is 9.00. The molecule has 1 aromatic carbocycles. The highest BCUT2D eigenvalue weighted by Gasteiger charge is 1.95. The number of aromatic amines is 1. The summed E-state index contributed by atoms with van der Waals surface area (Å²) in [4.78, 5) is 7.14. The number of nitrogens with one attached hydrogen (secondary N) is 1. The molecule has 0 unspecified atom stereocenters. The first-order valence-electron chi connectivity index (χ1n) is 3.52. The maximum Gasteiger partial charge on any atom is 0.0931 e. The lowest BCUT2D eigenvalue weighted by molar-refractivity contribution is 1.07. The van der Waals surface area contributed by atoms with Crippen LogP contribution in [0.4, 0.5) is 0 Å². The predicted octanol–water partition coefficient (Wildman–Crippen LogP) is 1.87. The van der Waals surface area contributed by atoms with Crippen LogP contribution in [0.2, 0.25) is 0 Å². The van der Waals surface area contributed by atoms with Gasteiger partial charge in [0.05, 0.1) is 17.4 Å². The van der Waals surface area contributed by atoms with Crippen LogP contribution in [0, 0.1) is 0 Å². The lowest BCUT2D eigenvalue weighted by atomic mass is 10.2. The second-order valence-electron chi connectivity index (χ2n) is 2.46. The van der Waals surface area contributed by atoms with Crippen LogP contribution in [0.5, 0.6) is 0 Å². The molecule has 0 amide bonds. The van der Waals surface area contributed by atoms with E-state index < -0.39 is 0 Å². The first kappa shape index (κ1) is 12.2. The van der Waals surface area contributed by atoms with Gasteiger partial charge in [-0.05, 0) is 17.7 Å². The minimum Gasteiger partial charge on any atom is -0.345 e. The van der Waals surface area contributed by atoms with Gasteiger partial charge < -0.3 is 10.7 Å². The van der Waals surface area contributed by atoms with Crippen LogP contribution in [0.3, 0.4) is 0 Å². The molecule has 72 valence electrons. The van der Waals surface area contributed by atoms with Crippen LogP contribution in [0.1, 0.15) is 5.56 Å². The van der Waals surface area contributed by atoms with Gasteiger partial charge in [0.1, 0.15) is 0 Å². The Hall–Kier alpha value is -0.770. The van der Waals surface area contributed by atoms with Crippen molar-refractivity contribution in [2.24, 2.45) is 5.73 Å². The topological polar surface area (TPSA) is 54.7 Å². The third kappa shape index (κ3) is 2.34. The van der Waals surface area contributed by atoms with E-state index >= 15 is 0 Å². The first-order chi connectivity index (χ1) is 5.40. The Morgan fingerprint density at radius 2 is 2.08 bits per heavy atom. The standard InChI is InChI=1S/C8H9N3.2ClH/c9-4-6-1-2-7-8(3-6)11-5-10-7;;/h1-3,5H,4,9H2,(H,10,11);2*1H. The molecule has 0 atom stereocenters. The van der Waals surface area contributed by atoms with E-state index in [9.17, 15) is 0 Å². The molecule has 0 bridgehead atoms. The quantitative estimate of drug-likeness (QED) is 0.770. The Morgan fingerprint density at radius 3 is 2.77 bits per heavy atom. The summed E-state index contributed by atoms with van der Waals surface area (Å²) in [7, 11) is 0. The smallest absolute Gasteiger partial charge is 0.0931 e. The van der Waals surface area contributed by atoms with Crippen LogP contribution in [0.25, 0.3) is 11.0 Å². The summed E-state index contributed by atoms with van der Waals surface area (Å²) in [5.41, 5.74) is 8.62. The number of nitrogens with two attached hydrogens (primary N) is 1. The number of H-pyrrole nitrogens is 1. The molecule has 0 aliphatic heterocycles. The van der Waals surface area contributed by atoms with Gasteiger partial charge in [-0.3, -0.25) is 0 Å². The van der Waals surface area contributed by atoms with E-state index in [1.807, 2.05) is 18.2 Å². The molecular formula is C8H11Cl2N3. The Kier molecular flexibility index (Phi) is 4.77. The second kappa shape index (κ2) is 5.07. The van der Waals surface area contributed by atoms with Gasteiger partial charge in [0.2, 0.25) is 0 Å². The molecule has 1 aromatic heterocycles. The summed E-state index contributed by atoms with van der Waals surface area (Å²) in [6.07, 6.45) is 1.69. The number of fused-ring (bicyclic) bond motifs is 1. The Labute approximate surface area is 88.6 Å². The molecule has 0 aliphatic rings. The van der Waals surface area contributed by atoms with Gasteiger partial charge in [0, 0.05) is 6.54 Å². The maximum atomic E-state index is 5.47. The number of imidazole rings is 1. The lowest BCUT2D eigenvalue weighted by Gasteiger charge is -1.93. The fraction of sp³-hybridized carbons (Fsp3) is 0.125. The van der Waals surface area contributed by atoms with Crippen LogP contribution in [-0.4, -0.2) is 9.97 Å². The highest BCUT2D eigenvalue weighted by atomic mass is 35.5. The molecule has 0 aliphatic carbocycles. The largest absolute Gasteiger partial charge is 0.345 e. The molecule has 0 radical (unpaired) electrons. The zero-order valence-electron chi connectivity index (χ0n) is 6.86. The van der Waals surface area contributed by atoms with Crippen molar-refractivity contribution in [3.63, 3.8) is 0 Å². The van der Waals surface area contributed by atoms with Gasteiger partial charge in [-0.15, -0.1) is 24.8 Å². The average molecular weight is 220 g/mol. The maximum absolute atomic E-state index is 5.47. The SMILES string of the molecule is Cl.Cl.NCc1ccc2[nH]cnc2c1. The van der Waals surface area contributed by atoms with Crippen molar-refractivity contribution in [3.8, 4) is 0 Å². The molecule has 2 rings (SSSR count). The third-order valence-corrected chi connectivity index (χ3v) is 1.72. The van der Waals surface area contributed by atoms with Gasteiger partial charge in [-0.1, -0.05) is 6.07 Å². The number of hydrogen-bond donors (Lipinski definition) is 2. The van der Waals surface area contributed by atoms with Crippen molar-refractivity contribution in [2.45, 2.75) is 6.54 Å². The van der Waals surface area contributed by atoms with Gasteiger partial charge in [-0.25, -0.2) is 4.98 Å². The summed E-state index contributed by atoms with van der Waals surface area (Å²) in [5.74, 6) is 0. The van der Waals surface area contributed by atoms with Crippen molar-refractivity contribution in [3.05, 3.63) is 30.1 Å². The fourth-order valence-electron chi connectivity index (χ4n) is 1.10. The highest BCUT2D eigenvalue weighted by Crippen LogP contribution is 2.10. The zero-order chi connectivity index (χ0) is 7.68. The molecule has 13 heavy (non-hydrogen) atoms. The number of aromatic nitrogens is 2. The number of nitrogens with zero attached hydrogens (tertiary/aromatic N) is 1. The Morgan fingerprint density at radius 1 is 1.31 bits per heavy atom. The molecule has 0 spiro atoms. The molecule has 3 N–H and O–H groups in total. The zero-order valence-corrected chi connectivity index (χ0v) is 8.49. The second-order valence-corrected chi connectivity index (χ2v) is 2.46. The van der Waals surface area contributed by atoms with E-state index in [2.05, 4.69) is 9.97 Å². The van der Waals surface area contributed by atoms with E-state index in [0.29, 0.717) is 6.54 Å². The monoisotopic (exact) mass is 219 g/mol. The average Bonchev–Trinajstić information content (AvgIpc) is 2.50. The number of halogens is 2. The van der Waals surface area contributed by atoms with Crippen molar-refractivity contribution in [1.29, 1.82) is 0 Å². The Balaban J connectivity index is 0.000000720. The van der Waals surface area contributed by atoms with E-state index in [1.165, 1.54) is 0 Å². The van der Waals surface area contributed by atoms with Gasteiger partial charge >= 0.3 is 0 Å². The molecule has 0 saturated carbocycles. The van der Waals surface area contributed by atoms with Crippen molar-refractivity contribution < 1.29 is 0 Å². The molecule has 0 saturated heterocycles.